The molecule has 0 bridgehead atoms. The molecule has 3 nitrogen and oxygen atoms in total. The summed E-state index contributed by atoms with van der Waals surface area (Å²) in [7, 11) is 0. The van der Waals surface area contributed by atoms with Crippen LogP contribution in [0.15, 0.2) is 34.2 Å². The lowest BCUT2D eigenvalue weighted by Gasteiger charge is -2.27. The van der Waals surface area contributed by atoms with Gasteiger partial charge in [0.2, 0.25) is 0 Å². The maximum atomic E-state index is 12.2. The maximum absolute atomic E-state index is 12.2. The van der Waals surface area contributed by atoms with Gasteiger partial charge in [0.15, 0.2) is 5.17 Å². The van der Waals surface area contributed by atoms with E-state index in [2.05, 4.69) is 54.9 Å². The Hall–Kier alpha value is -1.55. The molecule has 0 atom stereocenters. The zero-order chi connectivity index (χ0) is 16.4. The quantitative estimate of drug-likeness (QED) is 0.714. The van der Waals surface area contributed by atoms with Gasteiger partial charge in [-0.3, -0.25) is 4.79 Å². The summed E-state index contributed by atoms with van der Waals surface area (Å²) >= 11 is 1.52. The molecular weight excluding hydrogens is 304 g/mol. The third-order valence-electron chi connectivity index (χ3n) is 4.31. The standard InChI is InChI=1S/C19H24N2OS/c1-19(2,3)15-9-7-14(8-10-15)13-16-17(22)20-18(23-16)21-11-5-4-6-12-21/h7-10,13H,4-6,11-12H2,1-3H3/b16-13-. The van der Waals surface area contributed by atoms with Gasteiger partial charge in [0.1, 0.15) is 0 Å². The second-order valence-electron chi connectivity index (χ2n) is 7.23. The predicted molar refractivity (Wildman–Crippen MR) is 98.6 cm³/mol. The summed E-state index contributed by atoms with van der Waals surface area (Å²) in [5, 5.41) is 0.882. The largest absolute Gasteiger partial charge is 0.351 e. The van der Waals surface area contributed by atoms with Crippen molar-refractivity contribution in [3.8, 4) is 0 Å². The molecule has 2 heterocycles. The molecule has 0 unspecified atom stereocenters. The minimum absolute atomic E-state index is 0.101. The molecule has 2 aliphatic heterocycles. The number of benzene rings is 1. The summed E-state index contributed by atoms with van der Waals surface area (Å²) in [5.41, 5.74) is 2.51. The van der Waals surface area contributed by atoms with Crippen LogP contribution in [0, 0.1) is 0 Å². The lowest BCUT2D eigenvalue weighted by molar-refractivity contribution is -0.113. The van der Waals surface area contributed by atoms with Gasteiger partial charge in [-0.15, -0.1) is 0 Å². The monoisotopic (exact) mass is 328 g/mol. The Kier molecular flexibility index (Phi) is 4.62. The fourth-order valence-corrected chi connectivity index (χ4v) is 3.81. The second kappa shape index (κ2) is 6.52. The Morgan fingerprint density at radius 3 is 2.35 bits per heavy atom. The summed E-state index contributed by atoms with van der Waals surface area (Å²) in [6.07, 6.45) is 5.63. The molecule has 0 aliphatic carbocycles. The van der Waals surface area contributed by atoms with E-state index in [0.29, 0.717) is 0 Å². The van der Waals surface area contributed by atoms with Gasteiger partial charge in [-0.05, 0) is 53.6 Å². The first-order valence-electron chi connectivity index (χ1n) is 8.31. The normalized spacial score (nSPS) is 21.0. The Balaban J connectivity index is 1.72. The molecule has 122 valence electrons. The first kappa shape index (κ1) is 16.3. The third kappa shape index (κ3) is 3.86. The summed E-state index contributed by atoms with van der Waals surface area (Å²) in [6, 6.07) is 8.45. The number of rotatable bonds is 1. The number of aliphatic imine (C=N–C) groups is 1. The average Bonchev–Trinajstić information content (AvgIpc) is 2.89. The molecule has 0 N–H and O–H groups in total. The molecule has 1 aromatic rings. The number of carbonyl (C=O) groups is 1. The van der Waals surface area contributed by atoms with Crippen molar-refractivity contribution in [2.45, 2.75) is 45.4 Å². The molecular formula is C19H24N2OS. The van der Waals surface area contributed by atoms with Crippen molar-refractivity contribution in [2.24, 2.45) is 4.99 Å². The van der Waals surface area contributed by atoms with Gasteiger partial charge in [0, 0.05) is 13.1 Å². The molecule has 3 rings (SSSR count). The maximum Gasteiger partial charge on any atom is 0.286 e. The van der Waals surface area contributed by atoms with Gasteiger partial charge in [-0.2, -0.15) is 4.99 Å². The first-order valence-corrected chi connectivity index (χ1v) is 9.13. The molecule has 0 saturated carbocycles. The molecule has 0 aromatic heterocycles. The van der Waals surface area contributed by atoms with Crippen LogP contribution in [-0.4, -0.2) is 29.1 Å². The SMILES string of the molecule is CC(C)(C)c1ccc(/C=C2\SC(N3CCCCC3)=NC2=O)cc1. The van der Waals surface area contributed by atoms with Crippen LogP contribution >= 0.6 is 11.8 Å². The molecule has 0 radical (unpaired) electrons. The van der Waals surface area contributed by atoms with Gasteiger partial charge in [0.05, 0.1) is 4.91 Å². The number of nitrogens with zero attached hydrogens (tertiary/aromatic N) is 2. The minimum atomic E-state index is -0.101. The molecule has 23 heavy (non-hydrogen) atoms. The number of amidine groups is 1. The lowest BCUT2D eigenvalue weighted by Crippen LogP contribution is -2.33. The van der Waals surface area contributed by atoms with Crippen molar-refractivity contribution >= 4 is 28.9 Å². The van der Waals surface area contributed by atoms with Gasteiger partial charge >= 0.3 is 0 Å². The zero-order valence-electron chi connectivity index (χ0n) is 14.1. The molecule has 1 amide bonds. The topological polar surface area (TPSA) is 32.7 Å². The van der Waals surface area contributed by atoms with Gasteiger partial charge in [0.25, 0.3) is 5.91 Å². The summed E-state index contributed by atoms with van der Waals surface area (Å²) < 4.78 is 0. The van der Waals surface area contributed by atoms with Crippen LogP contribution in [0.1, 0.15) is 51.2 Å². The highest BCUT2D eigenvalue weighted by molar-refractivity contribution is 8.18. The lowest BCUT2D eigenvalue weighted by atomic mass is 9.87. The highest BCUT2D eigenvalue weighted by atomic mass is 32.2. The Morgan fingerprint density at radius 1 is 1.09 bits per heavy atom. The van der Waals surface area contributed by atoms with Crippen LogP contribution in [0.3, 0.4) is 0 Å². The van der Waals surface area contributed by atoms with Crippen molar-refractivity contribution in [2.75, 3.05) is 13.1 Å². The van der Waals surface area contributed by atoms with E-state index in [1.54, 1.807) is 0 Å². The molecule has 1 fully saturated rings. The first-order chi connectivity index (χ1) is 10.9. The fourth-order valence-electron chi connectivity index (χ4n) is 2.85. The molecule has 4 heteroatoms. The van der Waals surface area contributed by atoms with E-state index in [1.165, 1.54) is 36.6 Å². The predicted octanol–water partition coefficient (Wildman–Crippen LogP) is 4.44. The number of hydrogen-bond donors (Lipinski definition) is 0. The number of thioether (sulfide) groups is 1. The van der Waals surface area contributed by atoms with Crippen LogP contribution < -0.4 is 0 Å². The van der Waals surface area contributed by atoms with Crippen molar-refractivity contribution in [1.82, 2.24) is 4.90 Å². The van der Waals surface area contributed by atoms with E-state index in [4.69, 9.17) is 0 Å². The zero-order valence-corrected chi connectivity index (χ0v) is 14.9. The van der Waals surface area contributed by atoms with Crippen molar-refractivity contribution in [3.63, 3.8) is 0 Å². The summed E-state index contributed by atoms with van der Waals surface area (Å²) in [5.74, 6) is -0.101. The van der Waals surface area contributed by atoms with E-state index >= 15 is 0 Å². The van der Waals surface area contributed by atoms with Crippen LogP contribution in [0.5, 0.6) is 0 Å². The minimum Gasteiger partial charge on any atom is -0.351 e. The van der Waals surface area contributed by atoms with Crippen molar-refractivity contribution in [3.05, 3.63) is 40.3 Å². The van der Waals surface area contributed by atoms with Gasteiger partial charge in [-0.1, -0.05) is 45.0 Å². The smallest absolute Gasteiger partial charge is 0.286 e. The molecule has 1 aromatic carbocycles. The molecule has 2 aliphatic rings. The van der Waals surface area contributed by atoms with Crippen LogP contribution in [0.2, 0.25) is 0 Å². The van der Waals surface area contributed by atoms with E-state index < -0.39 is 0 Å². The van der Waals surface area contributed by atoms with Crippen LogP contribution in [0.4, 0.5) is 0 Å². The van der Waals surface area contributed by atoms with Crippen LogP contribution in [0.25, 0.3) is 6.08 Å². The summed E-state index contributed by atoms with van der Waals surface area (Å²) in [6.45, 7) is 8.65. The number of likely N-dealkylation sites (tertiary alicyclic amines) is 1. The molecule has 1 saturated heterocycles. The number of piperidine rings is 1. The van der Waals surface area contributed by atoms with E-state index in [0.717, 1.165) is 28.7 Å². The van der Waals surface area contributed by atoms with Gasteiger partial charge in [-0.25, -0.2) is 0 Å². The van der Waals surface area contributed by atoms with Crippen molar-refractivity contribution in [1.29, 1.82) is 0 Å². The highest BCUT2D eigenvalue weighted by Crippen LogP contribution is 2.32. The number of carbonyl (C=O) groups excluding carboxylic acids is 1. The van der Waals surface area contributed by atoms with Gasteiger partial charge < -0.3 is 4.90 Å². The Labute approximate surface area is 142 Å². The van der Waals surface area contributed by atoms with E-state index in [-0.39, 0.29) is 11.3 Å². The molecule has 0 spiro atoms. The van der Waals surface area contributed by atoms with E-state index in [1.807, 2.05) is 6.08 Å². The highest BCUT2D eigenvalue weighted by Gasteiger charge is 2.26. The average molecular weight is 328 g/mol. The Morgan fingerprint density at radius 2 is 1.74 bits per heavy atom. The number of amides is 1. The number of hydrogen-bond acceptors (Lipinski definition) is 3. The Bertz CT molecular complexity index is 647. The third-order valence-corrected chi connectivity index (χ3v) is 5.35. The van der Waals surface area contributed by atoms with Crippen molar-refractivity contribution < 1.29 is 4.79 Å². The fraction of sp³-hybridized carbons (Fsp3) is 0.474. The van der Waals surface area contributed by atoms with Crippen LogP contribution in [-0.2, 0) is 10.2 Å². The van der Waals surface area contributed by atoms with E-state index in [9.17, 15) is 4.79 Å². The summed E-state index contributed by atoms with van der Waals surface area (Å²) in [4.78, 5) is 19.4. The second-order valence-corrected chi connectivity index (χ2v) is 8.24.